The summed E-state index contributed by atoms with van der Waals surface area (Å²) in [5.74, 6) is 0.906. The second kappa shape index (κ2) is 8.00. The number of methoxy groups -OCH3 is 1. The molecule has 0 atom stereocenters. The molecular formula is C16H25N3O2. The monoisotopic (exact) mass is 291 g/mol. The molecule has 5 nitrogen and oxygen atoms in total. The Bertz CT molecular complexity index is 439. The van der Waals surface area contributed by atoms with Crippen LogP contribution < -0.4 is 15.8 Å². The highest BCUT2D eigenvalue weighted by molar-refractivity contribution is 5.78. The van der Waals surface area contributed by atoms with E-state index in [1.165, 1.54) is 0 Å². The number of ether oxygens (including phenoxy) is 1. The first-order valence-corrected chi connectivity index (χ1v) is 7.56. The smallest absolute Gasteiger partial charge is 0.224 e. The van der Waals surface area contributed by atoms with Gasteiger partial charge in [-0.05, 0) is 30.5 Å². The Balaban J connectivity index is 1.74. The first-order chi connectivity index (χ1) is 10.2. The van der Waals surface area contributed by atoms with E-state index in [9.17, 15) is 4.79 Å². The predicted octanol–water partition coefficient (Wildman–Crippen LogP) is 0.777. The summed E-state index contributed by atoms with van der Waals surface area (Å²) in [6, 6.07) is 7.93. The Morgan fingerprint density at radius 2 is 2.00 bits per heavy atom. The molecule has 0 saturated carbocycles. The summed E-state index contributed by atoms with van der Waals surface area (Å²) >= 11 is 0. The van der Waals surface area contributed by atoms with Crippen LogP contribution in [0.4, 0.5) is 0 Å². The van der Waals surface area contributed by atoms with Crippen molar-refractivity contribution in [1.29, 1.82) is 0 Å². The highest BCUT2D eigenvalue weighted by atomic mass is 16.5. The Hall–Kier alpha value is -1.59. The van der Waals surface area contributed by atoms with Crippen LogP contribution in [-0.2, 0) is 11.2 Å². The van der Waals surface area contributed by atoms with Gasteiger partial charge in [-0.15, -0.1) is 0 Å². The molecule has 1 heterocycles. The molecule has 21 heavy (non-hydrogen) atoms. The van der Waals surface area contributed by atoms with Gasteiger partial charge in [-0.2, -0.15) is 0 Å². The van der Waals surface area contributed by atoms with Gasteiger partial charge < -0.3 is 20.7 Å². The van der Waals surface area contributed by atoms with Crippen molar-refractivity contribution in [3.63, 3.8) is 0 Å². The summed E-state index contributed by atoms with van der Waals surface area (Å²) in [5.41, 5.74) is 6.57. The molecule has 116 valence electrons. The highest BCUT2D eigenvalue weighted by Crippen LogP contribution is 2.13. The third kappa shape index (κ3) is 5.02. The van der Waals surface area contributed by atoms with E-state index >= 15 is 0 Å². The van der Waals surface area contributed by atoms with E-state index in [0.29, 0.717) is 19.0 Å². The zero-order valence-electron chi connectivity index (χ0n) is 12.7. The van der Waals surface area contributed by atoms with E-state index in [0.717, 1.165) is 43.8 Å². The van der Waals surface area contributed by atoms with Crippen LogP contribution in [0.15, 0.2) is 24.3 Å². The molecular weight excluding hydrogens is 266 g/mol. The predicted molar refractivity (Wildman–Crippen MR) is 83.4 cm³/mol. The molecule has 3 N–H and O–H groups in total. The molecule has 1 amide bonds. The Labute approximate surface area is 126 Å². The van der Waals surface area contributed by atoms with Crippen molar-refractivity contribution >= 4 is 5.91 Å². The van der Waals surface area contributed by atoms with Gasteiger partial charge in [0.1, 0.15) is 5.75 Å². The zero-order chi connectivity index (χ0) is 15.1. The van der Waals surface area contributed by atoms with E-state index in [1.54, 1.807) is 7.11 Å². The van der Waals surface area contributed by atoms with Crippen molar-refractivity contribution in [2.75, 3.05) is 33.3 Å². The molecule has 0 bridgehead atoms. The SMILES string of the molecule is COc1ccc(CC(=O)NC2CCN(CCN)CC2)cc1. The second-order valence-corrected chi connectivity index (χ2v) is 5.50. The van der Waals surface area contributed by atoms with Crippen LogP contribution >= 0.6 is 0 Å². The number of benzene rings is 1. The molecule has 1 saturated heterocycles. The average Bonchev–Trinajstić information content (AvgIpc) is 2.50. The first kappa shape index (κ1) is 15.8. The zero-order valence-corrected chi connectivity index (χ0v) is 12.7. The van der Waals surface area contributed by atoms with Crippen molar-refractivity contribution in [1.82, 2.24) is 10.2 Å². The van der Waals surface area contributed by atoms with E-state index in [2.05, 4.69) is 10.2 Å². The molecule has 2 rings (SSSR count). The Morgan fingerprint density at radius 1 is 1.33 bits per heavy atom. The van der Waals surface area contributed by atoms with Crippen molar-refractivity contribution in [2.24, 2.45) is 5.73 Å². The van der Waals surface area contributed by atoms with E-state index in [-0.39, 0.29) is 5.91 Å². The number of hydrogen-bond acceptors (Lipinski definition) is 4. The van der Waals surface area contributed by atoms with Gasteiger partial charge in [-0.1, -0.05) is 12.1 Å². The van der Waals surface area contributed by atoms with Crippen molar-refractivity contribution in [3.8, 4) is 5.75 Å². The van der Waals surface area contributed by atoms with Crippen molar-refractivity contribution < 1.29 is 9.53 Å². The lowest BCUT2D eigenvalue weighted by Crippen LogP contribution is -2.46. The topological polar surface area (TPSA) is 67.6 Å². The van der Waals surface area contributed by atoms with Gasteiger partial charge in [-0.25, -0.2) is 0 Å². The fourth-order valence-electron chi connectivity index (χ4n) is 2.69. The number of carbonyl (C=O) groups is 1. The van der Waals surface area contributed by atoms with Gasteiger partial charge >= 0.3 is 0 Å². The lowest BCUT2D eigenvalue weighted by Gasteiger charge is -2.32. The molecule has 1 aliphatic heterocycles. The summed E-state index contributed by atoms with van der Waals surface area (Å²) in [5, 5.41) is 3.13. The normalized spacial score (nSPS) is 16.7. The van der Waals surface area contributed by atoms with Gasteiger partial charge in [0.25, 0.3) is 0 Å². The van der Waals surface area contributed by atoms with Gasteiger partial charge in [0.05, 0.1) is 13.5 Å². The standard InChI is InChI=1S/C16H25N3O2/c1-21-15-4-2-13(3-5-15)12-16(20)18-14-6-9-19(10-7-14)11-8-17/h2-5,14H,6-12,17H2,1H3,(H,18,20). The van der Waals surface area contributed by atoms with Crippen molar-refractivity contribution in [2.45, 2.75) is 25.3 Å². The van der Waals surface area contributed by atoms with Gasteiger partial charge in [0.2, 0.25) is 5.91 Å². The van der Waals surface area contributed by atoms with Crippen LogP contribution in [0.5, 0.6) is 5.75 Å². The van der Waals surface area contributed by atoms with E-state index in [1.807, 2.05) is 24.3 Å². The summed E-state index contributed by atoms with van der Waals surface area (Å²) < 4.78 is 5.11. The molecule has 0 aromatic heterocycles. The van der Waals surface area contributed by atoms with Crippen molar-refractivity contribution in [3.05, 3.63) is 29.8 Å². The van der Waals surface area contributed by atoms with E-state index in [4.69, 9.17) is 10.5 Å². The number of hydrogen-bond donors (Lipinski definition) is 2. The van der Waals surface area contributed by atoms with Gasteiger partial charge in [0, 0.05) is 32.2 Å². The molecule has 1 aromatic rings. The maximum absolute atomic E-state index is 12.1. The molecule has 1 aliphatic rings. The van der Waals surface area contributed by atoms with Crippen LogP contribution in [0.2, 0.25) is 0 Å². The number of nitrogens with two attached hydrogens (primary N) is 1. The van der Waals surface area contributed by atoms with Crippen LogP contribution in [0.1, 0.15) is 18.4 Å². The summed E-state index contributed by atoms with van der Waals surface area (Å²) in [6.45, 7) is 3.69. The number of amides is 1. The number of nitrogens with one attached hydrogen (secondary N) is 1. The third-order valence-electron chi connectivity index (χ3n) is 3.92. The Morgan fingerprint density at radius 3 is 2.57 bits per heavy atom. The van der Waals surface area contributed by atoms with E-state index < -0.39 is 0 Å². The quantitative estimate of drug-likeness (QED) is 0.813. The number of likely N-dealkylation sites (tertiary alicyclic amines) is 1. The minimum atomic E-state index is 0.0949. The minimum Gasteiger partial charge on any atom is -0.497 e. The van der Waals surface area contributed by atoms with Gasteiger partial charge in [0.15, 0.2) is 0 Å². The van der Waals surface area contributed by atoms with Crippen LogP contribution in [0.3, 0.4) is 0 Å². The minimum absolute atomic E-state index is 0.0949. The molecule has 0 unspecified atom stereocenters. The lowest BCUT2D eigenvalue weighted by atomic mass is 10.0. The largest absolute Gasteiger partial charge is 0.497 e. The highest BCUT2D eigenvalue weighted by Gasteiger charge is 2.20. The number of carbonyl (C=O) groups excluding carboxylic acids is 1. The Kier molecular flexibility index (Phi) is 6.02. The fraction of sp³-hybridized carbons (Fsp3) is 0.562. The molecule has 1 fully saturated rings. The van der Waals surface area contributed by atoms with Crippen LogP contribution in [-0.4, -0.2) is 50.1 Å². The number of nitrogens with zero attached hydrogens (tertiary/aromatic N) is 1. The van der Waals surface area contributed by atoms with Gasteiger partial charge in [-0.3, -0.25) is 4.79 Å². The summed E-state index contributed by atoms with van der Waals surface area (Å²) in [6.07, 6.45) is 2.44. The summed E-state index contributed by atoms with van der Waals surface area (Å²) in [4.78, 5) is 14.4. The maximum atomic E-state index is 12.1. The van der Waals surface area contributed by atoms with Crippen LogP contribution in [0.25, 0.3) is 0 Å². The first-order valence-electron chi connectivity index (χ1n) is 7.56. The molecule has 0 radical (unpaired) electrons. The maximum Gasteiger partial charge on any atom is 0.224 e. The van der Waals surface area contributed by atoms with Crippen LogP contribution in [0, 0.1) is 0 Å². The third-order valence-corrected chi connectivity index (χ3v) is 3.92. The molecule has 0 aliphatic carbocycles. The fourth-order valence-corrected chi connectivity index (χ4v) is 2.69. The second-order valence-electron chi connectivity index (χ2n) is 5.50. The lowest BCUT2D eigenvalue weighted by molar-refractivity contribution is -0.121. The number of rotatable bonds is 6. The molecule has 5 heteroatoms. The summed E-state index contributed by atoms with van der Waals surface area (Å²) in [7, 11) is 1.64. The average molecular weight is 291 g/mol. The molecule has 1 aromatic carbocycles. The molecule has 0 spiro atoms. The number of piperidine rings is 1.